The van der Waals surface area contributed by atoms with Gasteiger partial charge in [0.2, 0.25) is 0 Å². The van der Waals surface area contributed by atoms with E-state index in [9.17, 15) is 9.50 Å². The molecule has 0 aliphatic rings. The molecule has 1 unspecified atom stereocenters. The second-order valence-corrected chi connectivity index (χ2v) is 4.95. The maximum absolute atomic E-state index is 14.1. The molecule has 2 rings (SSSR count). The summed E-state index contributed by atoms with van der Waals surface area (Å²) < 4.78 is 24.2. The van der Waals surface area contributed by atoms with Crippen molar-refractivity contribution in [2.75, 3.05) is 14.2 Å². The van der Waals surface area contributed by atoms with Crippen LogP contribution >= 0.6 is 11.6 Å². The summed E-state index contributed by atoms with van der Waals surface area (Å²) in [6.07, 6.45) is -0.809. The van der Waals surface area contributed by atoms with E-state index < -0.39 is 11.9 Å². The van der Waals surface area contributed by atoms with Gasteiger partial charge in [-0.25, -0.2) is 4.39 Å². The molecule has 1 atom stereocenters. The number of aliphatic hydroxyl groups is 1. The van der Waals surface area contributed by atoms with Crippen molar-refractivity contribution in [3.05, 3.63) is 58.4 Å². The van der Waals surface area contributed by atoms with Gasteiger partial charge in [-0.3, -0.25) is 0 Å². The van der Waals surface area contributed by atoms with Crippen molar-refractivity contribution in [3.63, 3.8) is 0 Å². The lowest BCUT2D eigenvalue weighted by Crippen LogP contribution is -2.06. The summed E-state index contributed by atoms with van der Waals surface area (Å²) in [5.74, 6) is 0.100. The molecule has 21 heavy (non-hydrogen) atoms. The van der Waals surface area contributed by atoms with Gasteiger partial charge in [0.05, 0.1) is 20.3 Å². The van der Waals surface area contributed by atoms with Gasteiger partial charge in [0.1, 0.15) is 5.82 Å². The van der Waals surface area contributed by atoms with Gasteiger partial charge in [-0.15, -0.1) is 0 Å². The molecular weight excluding hydrogens is 295 g/mol. The van der Waals surface area contributed by atoms with E-state index in [-0.39, 0.29) is 17.7 Å². The Balaban J connectivity index is 2.31. The fourth-order valence-corrected chi connectivity index (χ4v) is 2.32. The molecule has 5 heteroatoms. The molecule has 0 saturated carbocycles. The van der Waals surface area contributed by atoms with E-state index >= 15 is 0 Å². The highest BCUT2D eigenvalue weighted by Crippen LogP contribution is 2.34. The Morgan fingerprint density at radius 2 is 1.76 bits per heavy atom. The van der Waals surface area contributed by atoms with Crippen molar-refractivity contribution in [1.29, 1.82) is 0 Å². The molecule has 0 amide bonds. The average molecular weight is 311 g/mol. The molecule has 2 aromatic carbocycles. The standard InChI is InChI=1S/C16H16ClFO3/c1-20-15-8-11(13(18)9-16(15)21-2)14(19)7-10-5-3-4-6-12(10)17/h3-6,8-9,14,19H,7H2,1-2H3. The zero-order valence-electron chi connectivity index (χ0n) is 11.8. The van der Waals surface area contributed by atoms with Crippen LogP contribution in [0.5, 0.6) is 11.5 Å². The lowest BCUT2D eigenvalue weighted by molar-refractivity contribution is 0.173. The summed E-state index contributed by atoms with van der Waals surface area (Å²) in [4.78, 5) is 0. The minimum Gasteiger partial charge on any atom is -0.493 e. The Kier molecular flexibility index (Phi) is 5.04. The van der Waals surface area contributed by atoms with Crippen LogP contribution in [0.2, 0.25) is 5.02 Å². The smallest absolute Gasteiger partial charge is 0.163 e. The van der Waals surface area contributed by atoms with Crippen LogP contribution in [0.1, 0.15) is 17.2 Å². The summed E-state index contributed by atoms with van der Waals surface area (Å²) >= 11 is 6.05. The van der Waals surface area contributed by atoms with Crippen LogP contribution < -0.4 is 9.47 Å². The van der Waals surface area contributed by atoms with Crippen LogP contribution in [-0.4, -0.2) is 19.3 Å². The van der Waals surface area contributed by atoms with Gasteiger partial charge < -0.3 is 14.6 Å². The first-order valence-corrected chi connectivity index (χ1v) is 6.77. The number of ether oxygens (including phenoxy) is 2. The molecule has 2 aromatic rings. The quantitative estimate of drug-likeness (QED) is 0.913. The van der Waals surface area contributed by atoms with Crippen molar-refractivity contribution in [3.8, 4) is 11.5 Å². The van der Waals surface area contributed by atoms with E-state index in [2.05, 4.69) is 0 Å². The summed E-state index contributed by atoms with van der Waals surface area (Å²) in [6.45, 7) is 0. The van der Waals surface area contributed by atoms with E-state index in [0.717, 1.165) is 5.56 Å². The third-order valence-corrected chi connectivity index (χ3v) is 3.60. The summed E-state index contributed by atoms with van der Waals surface area (Å²) in [7, 11) is 2.89. The number of aliphatic hydroxyl groups excluding tert-OH is 1. The molecule has 0 aromatic heterocycles. The van der Waals surface area contributed by atoms with Crippen molar-refractivity contribution in [2.24, 2.45) is 0 Å². The van der Waals surface area contributed by atoms with Gasteiger partial charge in [0.25, 0.3) is 0 Å². The molecule has 0 saturated heterocycles. The van der Waals surface area contributed by atoms with Gasteiger partial charge in [-0.05, 0) is 17.7 Å². The van der Waals surface area contributed by atoms with Crippen molar-refractivity contribution in [2.45, 2.75) is 12.5 Å². The maximum atomic E-state index is 14.1. The number of rotatable bonds is 5. The van der Waals surface area contributed by atoms with E-state index in [4.69, 9.17) is 21.1 Å². The van der Waals surface area contributed by atoms with Crippen LogP contribution in [0.15, 0.2) is 36.4 Å². The van der Waals surface area contributed by atoms with Gasteiger partial charge in [-0.1, -0.05) is 29.8 Å². The Hall–Kier alpha value is -1.78. The fraction of sp³-hybridized carbons (Fsp3) is 0.250. The van der Waals surface area contributed by atoms with Gasteiger partial charge >= 0.3 is 0 Å². The highest BCUT2D eigenvalue weighted by molar-refractivity contribution is 6.31. The molecular formula is C16H16ClFO3. The molecule has 1 N–H and O–H groups in total. The summed E-state index contributed by atoms with van der Waals surface area (Å²) in [5.41, 5.74) is 0.897. The minimum atomic E-state index is -1.02. The molecule has 0 radical (unpaired) electrons. The van der Waals surface area contributed by atoms with Crippen molar-refractivity contribution in [1.82, 2.24) is 0 Å². The predicted octanol–water partition coefficient (Wildman–Crippen LogP) is 3.77. The van der Waals surface area contributed by atoms with Crippen LogP contribution in [0.25, 0.3) is 0 Å². The Bertz CT molecular complexity index is 631. The minimum absolute atomic E-state index is 0.146. The normalized spacial score (nSPS) is 12.0. The molecule has 0 fully saturated rings. The third kappa shape index (κ3) is 3.46. The first kappa shape index (κ1) is 15.6. The van der Waals surface area contributed by atoms with Gasteiger partial charge in [0.15, 0.2) is 11.5 Å². The Morgan fingerprint density at radius 3 is 2.38 bits per heavy atom. The van der Waals surface area contributed by atoms with Crippen molar-refractivity contribution >= 4 is 11.6 Å². The number of benzene rings is 2. The van der Waals surface area contributed by atoms with E-state index in [1.165, 1.54) is 26.4 Å². The van der Waals surface area contributed by atoms with E-state index in [0.29, 0.717) is 10.8 Å². The highest BCUT2D eigenvalue weighted by Gasteiger charge is 2.18. The number of hydrogen-bond donors (Lipinski definition) is 1. The first-order chi connectivity index (χ1) is 10.1. The second-order valence-electron chi connectivity index (χ2n) is 4.54. The first-order valence-electron chi connectivity index (χ1n) is 6.39. The number of hydrogen-bond acceptors (Lipinski definition) is 3. The molecule has 0 spiro atoms. The molecule has 0 aliphatic carbocycles. The van der Waals surface area contributed by atoms with Gasteiger partial charge in [0, 0.05) is 23.1 Å². The Labute approximate surface area is 127 Å². The Morgan fingerprint density at radius 1 is 1.14 bits per heavy atom. The summed E-state index contributed by atoms with van der Waals surface area (Å²) in [5, 5.41) is 10.8. The number of methoxy groups -OCH3 is 2. The average Bonchev–Trinajstić information content (AvgIpc) is 2.49. The SMILES string of the molecule is COc1cc(F)c(C(O)Cc2ccccc2Cl)cc1OC. The second kappa shape index (κ2) is 6.78. The lowest BCUT2D eigenvalue weighted by atomic mass is 10.0. The van der Waals surface area contributed by atoms with Crippen LogP contribution in [0.3, 0.4) is 0 Å². The van der Waals surface area contributed by atoms with Crippen LogP contribution in [0.4, 0.5) is 4.39 Å². The monoisotopic (exact) mass is 310 g/mol. The third-order valence-electron chi connectivity index (χ3n) is 3.23. The zero-order chi connectivity index (χ0) is 15.4. The van der Waals surface area contributed by atoms with E-state index in [1.807, 2.05) is 6.07 Å². The fourth-order valence-electron chi connectivity index (χ4n) is 2.11. The largest absolute Gasteiger partial charge is 0.493 e. The maximum Gasteiger partial charge on any atom is 0.163 e. The highest BCUT2D eigenvalue weighted by atomic mass is 35.5. The van der Waals surface area contributed by atoms with Crippen LogP contribution in [0, 0.1) is 5.82 Å². The van der Waals surface area contributed by atoms with Crippen molar-refractivity contribution < 1.29 is 19.0 Å². The van der Waals surface area contributed by atoms with E-state index in [1.54, 1.807) is 18.2 Å². The molecule has 0 heterocycles. The molecule has 0 bridgehead atoms. The molecule has 3 nitrogen and oxygen atoms in total. The number of halogens is 2. The molecule has 0 aliphatic heterocycles. The topological polar surface area (TPSA) is 38.7 Å². The predicted molar refractivity (Wildman–Crippen MR) is 79.6 cm³/mol. The lowest BCUT2D eigenvalue weighted by Gasteiger charge is -2.16. The molecule has 112 valence electrons. The summed E-state index contributed by atoms with van der Waals surface area (Å²) in [6, 6.07) is 9.78. The van der Waals surface area contributed by atoms with Crippen LogP contribution in [-0.2, 0) is 6.42 Å². The zero-order valence-corrected chi connectivity index (χ0v) is 12.5. The van der Waals surface area contributed by atoms with Gasteiger partial charge in [-0.2, -0.15) is 0 Å².